The standard InChI is InChI=1S/C13H20N4O3/c1-9(2)5-4-6-15-13(18)11-7-10(17(19)20)8-16-12(11)14-3/h7-9H,4-6H2,1-3H3,(H,14,16)(H,15,18). The first-order chi connectivity index (χ1) is 9.45. The van der Waals surface area contributed by atoms with E-state index in [-0.39, 0.29) is 17.2 Å². The summed E-state index contributed by atoms with van der Waals surface area (Å²) in [6, 6.07) is 1.23. The molecule has 1 amide bonds. The second kappa shape index (κ2) is 7.42. The van der Waals surface area contributed by atoms with E-state index < -0.39 is 4.92 Å². The van der Waals surface area contributed by atoms with E-state index in [4.69, 9.17) is 0 Å². The smallest absolute Gasteiger partial charge is 0.288 e. The van der Waals surface area contributed by atoms with Crippen molar-refractivity contribution in [3.8, 4) is 0 Å². The molecule has 20 heavy (non-hydrogen) atoms. The van der Waals surface area contributed by atoms with Gasteiger partial charge in [0.05, 0.1) is 10.5 Å². The highest BCUT2D eigenvalue weighted by molar-refractivity contribution is 5.99. The summed E-state index contributed by atoms with van der Waals surface area (Å²) in [6.45, 7) is 4.78. The highest BCUT2D eigenvalue weighted by atomic mass is 16.6. The molecule has 7 nitrogen and oxygen atoms in total. The highest BCUT2D eigenvalue weighted by Crippen LogP contribution is 2.18. The van der Waals surface area contributed by atoms with Crippen LogP contribution in [0, 0.1) is 16.0 Å². The third kappa shape index (κ3) is 4.49. The van der Waals surface area contributed by atoms with Gasteiger partial charge in [-0.3, -0.25) is 14.9 Å². The number of nitro groups is 1. The van der Waals surface area contributed by atoms with Crippen molar-refractivity contribution >= 4 is 17.4 Å². The molecule has 1 aromatic rings. The van der Waals surface area contributed by atoms with Gasteiger partial charge in [0.15, 0.2) is 0 Å². The molecule has 0 saturated carbocycles. The molecule has 1 rings (SSSR count). The minimum Gasteiger partial charge on any atom is -0.372 e. The molecule has 0 aliphatic carbocycles. The van der Waals surface area contributed by atoms with Crippen molar-refractivity contribution in [2.24, 2.45) is 5.92 Å². The van der Waals surface area contributed by atoms with Crippen molar-refractivity contribution in [3.05, 3.63) is 27.9 Å². The van der Waals surface area contributed by atoms with Gasteiger partial charge in [0.2, 0.25) is 0 Å². The van der Waals surface area contributed by atoms with Crippen LogP contribution in [0.3, 0.4) is 0 Å². The normalized spacial score (nSPS) is 10.4. The van der Waals surface area contributed by atoms with Crippen LogP contribution in [-0.4, -0.2) is 29.4 Å². The summed E-state index contributed by atoms with van der Waals surface area (Å²) < 4.78 is 0. The van der Waals surface area contributed by atoms with Gasteiger partial charge >= 0.3 is 0 Å². The van der Waals surface area contributed by atoms with Crippen LogP contribution < -0.4 is 10.6 Å². The molecule has 0 bridgehead atoms. The van der Waals surface area contributed by atoms with E-state index in [1.165, 1.54) is 6.07 Å². The Hall–Kier alpha value is -2.18. The van der Waals surface area contributed by atoms with Gasteiger partial charge in [0, 0.05) is 19.7 Å². The quantitative estimate of drug-likeness (QED) is 0.453. The van der Waals surface area contributed by atoms with E-state index >= 15 is 0 Å². The van der Waals surface area contributed by atoms with Gasteiger partial charge < -0.3 is 10.6 Å². The number of rotatable bonds is 7. The maximum Gasteiger partial charge on any atom is 0.288 e. The van der Waals surface area contributed by atoms with Crippen molar-refractivity contribution in [1.82, 2.24) is 10.3 Å². The number of carbonyl (C=O) groups excluding carboxylic acids is 1. The minimum absolute atomic E-state index is 0.186. The minimum atomic E-state index is -0.567. The van der Waals surface area contributed by atoms with Crippen LogP contribution in [0.2, 0.25) is 0 Å². The largest absolute Gasteiger partial charge is 0.372 e. The zero-order chi connectivity index (χ0) is 15.1. The zero-order valence-corrected chi connectivity index (χ0v) is 12.0. The Kier molecular flexibility index (Phi) is 5.89. The predicted octanol–water partition coefficient (Wildman–Crippen LogP) is 2.20. The first-order valence-electron chi connectivity index (χ1n) is 6.56. The lowest BCUT2D eigenvalue weighted by Gasteiger charge is -2.09. The van der Waals surface area contributed by atoms with E-state index in [0.29, 0.717) is 18.3 Å². The number of carbonyl (C=O) groups is 1. The number of aromatic nitrogens is 1. The number of hydrogen-bond acceptors (Lipinski definition) is 5. The third-order valence-corrected chi connectivity index (χ3v) is 2.81. The second-order valence-electron chi connectivity index (χ2n) is 4.89. The van der Waals surface area contributed by atoms with Gasteiger partial charge in [-0.2, -0.15) is 0 Å². The van der Waals surface area contributed by atoms with Crippen molar-refractivity contribution in [3.63, 3.8) is 0 Å². The predicted molar refractivity (Wildman–Crippen MR) is 76.8 cm³/mol. The van der Waals surface area contributed by atoms with Crippen LogP contribution >= 0.6 is 0 Å². The molecule has 0 fully saturated rings. The number of pyridine rings is 1. The number of nitrogens with one attached hydrogen (secondary N) is 2. The van der Waals surface area contributed by atoms with Gasteiger partial charge in [-0.25, -0.2) is 4.98 Å². The summed E-state index contributed by atoms with van der Waals surface area (Å²) in [5, 5.41) is 16.2. The molecule has 0 unspecified atom stereocenters. The van der Waals surface area contributed by atoms with E-state index in [0.717, 1.165) is 19.0 Å². The van der Waals surface area contributed by atoms with Crippen LogP contribution in [-0.2, 0) is 0 Å². The molecular weight excluding hydrogens is 260 g/mol. The van der Waals surface area contributed by atoms with E-state index in [9.17, 15) is 14.9 Å². The van der Waals surface area contributed by atoms with Crippen LogP contribution in [0.5, 0.6) is 0 Å². The average molecular weight is 280 g/mol. The fraction of sp³-hybridized carbons (Fsp3) is 0.538. The van der Waals surface area contributed by atoms with Crippen molar-refractivity contribution < 1.29 is 9.72 Å². The van der Waals surface area contributed by atoms with Crippen LogP contribution in [0.1, 0.15) is 37.0 Å². The Bertz CT molecular complexity index is 489. The molecule has 0 aliphatic heterocycles. The van der Waals surface area contributed by atoms with Crippen molar-refractivity contribution in [1.29, 1.82) is 0 Å². The Morgan fingerprint density at radius 3 is 2.75 bits per heavy atom. The second-order valence-corrected chi connectivity index (χ2v) is 4.89. The number of anilines is 1. The topological polar surface area (TPSA) is 97.2 Å². The fourth-order valence-corrected chi connectivity index (χ4v) is 1.73. The Labute approximate surface area is 117 Å². The fourth-order valence-electron chi connectivity index (χ4n) is 1.73. The lowest BCUT2D eigenvalue weighted by atomic mass is 10.1. The highest BCUT2D eigenvalue weighted by Gasteiger charge is 2.17. The van der Waals surface area contributed by atoms with Crippen molar-refractivity contribution in [2.45, 2.75) is 26.7 Å². The molecule has 7 heteroatoms. The number of hydrogen-bond donors (Lipinski definition) is 2. The molecule has 0 atom stereocenters. The molecule has 110 valence electrons. The zero-order valence-electron chi connectivity index (χ0n) is 12.0. The van der Waals surface area contributed by atoms with Gasteiger partial charge in [0.25, 0.3) is 11.6 Å². The molecule has 0 spiro atoms. The van der Waals surface area contributed by atoms with Gasteiger partial charge in [-0.05, 0) is 18.8 Å². The Balaban J connectivity index is 2.74. The van der Waals surface area contributed by atoms with Crippen LogP contribution in [0.15, 0.2) is 12.3 Å². The van der Waals surface area contributed by atoms with Gasteiger partial charge in [-0.15, -0.1) is 0 Å². The summed E-state index contributed by atoms with van der Waals surface area (Å²) in [5.41, 5.74) is -0.0115. The Morgan fingerprint density at radius 2 is 2.20 bits per heavy atom. The van der Waals surface area contributed by atoms with Gasteiger partial charge in [-0.1, -0.05) is 13.8 Å². The lowest BCUT2D eigenvalue weighted by Crippen LogP contribution is -2.26. The molecular formula is C13H20N4O3. The molecule has 0 saturated heterocycles. The van der Waals surface area contributed by atoms with Gasteiger partial charge in [0.1, 0.15) is 12.0 Å². The first kappa shape index (κ1) is 15.9. The molecule has 0 aromatic carbocycles. The van der Waals surface area contributed by atoms with E-state index in [1.54, 1.807) is 7.05 Å². The summed E-state index contributed by atoms with van der Waals surface area (Å²) in [7, 11) is 1.61. The summed E-state index contributed by atoms with van der Waals surface area (Å²) in [5.74, 6) is 0.561. The van der Waals surface area contributed by atoms with Crippen molar-refractivity contribution in [2.75, 3.05) is 18.9 Å². The first-order valence-corrected chi connectivity index (χ1v) is 6.56. The maximum atomic E-state index is 12.0. The molecule has 0 aliphatic rings. The van der Waals surface area contributed by atoms with E-state index in [2.05, 4.69) is 29.5 Å². The Morgan fingerprint density at radius 1 is 1.50 bits per heavy atom. The molecule has 1 aromatic heterocycles. The molecule has 1 heterocycles. The summed E-state index contributed by atoms with van der Waals surface area (Å²) in [4.78, 5) is 26.1. The maximum absolute atomic E-state index is 12.0. The lowest BCUT2D eigenvalue weighted by molar-refractivity contribution is -0.385. The van der Waals surface area contributed by atoms with E-state index in [1.807, 2.05) is 0 Å². The summed E-state index contributed by atoms with van der Waals surface area (Å²) >= 11 is 0. The third-order valence-electron chi connectivity index (χ3n) is 2.81. The summed E-state index contributed by atoms with van der Waals surface area (Å²) in [6.07, 6.45) is 3.02. The SMILES string of the molecule is CNc1ncc([N+](=O)[O-])cc1C(=O)NCCCC(C)C. The number of amides is 1. The molecule has 0 radical (unpaired) electrons. The van der Waals surface area contributed by atoms with Crippen LogP contribution in [0.4, 0.5) is 11.5 Å². The average Bonchev–Trinajstić information content (AvgIpc) is 2.42. The molecule has 2 N–H and O–H groups in total. The number of nitrogens with zero attached hydrogens (tertiary/aromatic N) is 2. The monoisotopic (exact) mass is 280 g/mol. The van der Waals surface area contributed by atoms with Crippen LogP contribution in [0.25, 0.3) is 0 Å².